The third kappa shape index (κ3) is 0.766. The van der Waals surface area contributed by atoms with Gasteiger partial charge < -0.3 is 4.98 Å². The van der Waals surface area contributed by atoms with E-state index in [0.29, 0.717) is 0 Å². The second-order valence-corrected chi connectivity index (χ2v) is 2.62. The van der Waals surface area contributed by atoms with Crippen molar-refractivity contribution in [3.05, 3.63) is 23.5 Å². The monoisotopic (exact) mass is 120 g/mol. The highest BCUT2D eigenvalue weighted by atomic mass is 14.7. The first-order chi connectivity index (χ1) is 4.47. The lowest BCUT2D eigenvalue weighted by Gasteiger charge is -2.08. The average molecular weight is 120 g/mol. The van der Waals surface area contributed by atoms with Crippen molar-refractivity contribution >= 4 is 0 Å². The van der Waals surface area contributed by atoms with Gasteiger partial charge in [-0.3, -0.25) is 0 Å². The maximum atomic E-state index is 3.13. The zero-order valence-electron chi connectivity index (χ0n) is 5.41. The van der Waals surface area contributed by atoms with Crippen molar-refractivity contribution in [3.63, 3.8) is 0 Å². The summed E-state index contributed by atoms with van der Waals surface area (Å²) in [6.45, 7) is 0. The van der Waals surface area contributed by atoms with Gasteiger partial charge in [0.1, 0.15) is 0 Å². The van der Waals surface area contributed by atoms with E-state index < -0.39 is 0 Å². The van der Waals surface area contributed by atoms with Gasteiger partial charge in [0.05, 0.1) is 6.20 Å². The summed E-state index contributed by atoms with van der Waals surface area (Å²) < 4.78 is 0. The van der Waals surface area contributed by atoms with Crippen LogP contribution < -0.4 is 0 Å². The van der Waals surface area contributed by atoms with Crippen LogP contribution in [0.15, 0.2) is 6.07 Å². The molecule has 1 radical (unpaired) electrons. The van der Waals surface area contributed by atoms with Crippen LogP contribution >= 0.6 is 0 Å². The molecule has 1 aliphatic rings. The van der Waals surface area contributed by atoms with E-state index in [9.17, 15) is 0 Å². The highest BCUT2D eigenvalue weighted by Gasteiger charge is 2.07. The topological polar surface area (TPSA) is 15.8 Å². The molecule has 0 aliphatic heterocycles. The summed E-state index contributed by atoms with van der Waals surface area (Å²) in [4.78, 5) is 3.13. The Bertz CT molecular complexity index is 180. The third-order valence-electron chi connectivity index (χ3n) is 1.98. The second-order valence-electron chi connectivity index (χ2n) is 2.62. The zero-order valence-corrected chi connectivity index (χ0v) is 5.41. The number of nitrogens with one attached hydrogen (secondary N) is 1. The van der Waals surface area contributed by atoms with Crippen LogP contribution in [0.1, 0.15) is 24.1 Å². The van der Waals surface area contributed by atoms with Crippen molar-refractivity contribution in [2.75, 3.05) is 0 Å². The van der Waals surface area contributed by atoms with Crippen LogP contribution in [-0.2, 0) is 12.8 Å². The van der Waals surface area contributed by atoms with Gasteiger partial charge in [0.25, 0.3) is 0 Å². The first-order valence-electron chi connectivity index (χ1n) is 3.53. The van der Waals surface area contributed by atoms with Gasteiger partial charge in [-0.2, -0.15) is 0 Å². The normalized spacial score (nSPS) is 17.3. The molecule has 9 heavy (non-hydrogen) atoms. The van der Waals surface area contributed by atoms with E-state index in [2.05, 4.69) is 17.2 Å². The lowest BCUT2D eigenvalue weighted by molar-refractivity contribution is 0.677. The Balaban J connectivity index is 2.39. The number of hydrogen-bond donors (Lipinski definition) is 1. The van der Waals surface area contributed by atoms with E-state index in [1.807, 2.05) is 0 Å². The van der Waals surface area contributed by atoms with Gasteiger partial charge in [0, 0.05) is 5.69 Å². The molecule has 2 rings (SSSR count). The van der Waals surface area contributed by atoms with Crippen LogP contribution in [0.2, 0.25) is 0 Å². The molecular formula is C8H10N. The molecule has 1 aromatic heterocycles. The molecule has 0 saturated carbocycles. The number of fused-ring (bicyclic) bond motifs is 1. The summed E-state index contributed by atoms with van der Waals surface area (Å²) in [7, 11) is 0. The Hall–Kier alpha value is -0.720. The number of aromatic amines is 1. The van der Waals surface area contributed by atoms with E-state index >= 15 is 0 Å². The summed E-state index contributed by atoms with van der Waals surface area (Å²) >= 11 is 0. The number of H-pyrrole nitrogens is 1. The van der Waals surface area contributed by atoms with Crippen molar-refractivity contribution in [1.29, 1.82) is 0 Å². The van der Waals surface area contributed by atoms with Gasteiger partial charge in [-0.05, 0) is 37.3 Å². The predicted octanol–water partition coefficient (Wildman–Crippen LogP) is 1.69. The van der Waals surface area contributed by atoms with Crippen molar-refractivity contribution < 1.29 is 0 Å². The van der Waals surface area contributed by atoms with Crippen molar-refractivity contribution in [2.45, 2.75) is 25.7 Å². The molecular weight excluding hydrogens is 110 g/mol. The predicted molar refractivity (Wildman–Crippen MR) is 36.3 cm³/mol. The Kier molecular flexibility index (Phi) is 1.08. The smallest absolute Gasteiger partial charge is 0.0624 e. The SMILES string of the molecule is [c]1cc2c([nH]1)CCCC2. The van der Waals surface area contributed by atoms with Crippen LogP contribution in [0.4, 0.5) is 0 Å². The molecule has 1 heterocycles. The molecule has 0 fully saturated rings. The molecule has 47 valence electrons. The van der Waals surface area contributed by atoms with Gasteiger partial charge in [0.2, 0.25) is 0 Å². The zero-order chi connectivity index (χ0) is 6.10. The van der Waals surface area contributed by atoms with Crippen LogP contribution in [0, 0.1) is 6.20 Å². The van der Waals surface area contributed by atoms with Crippen molar-refractivity contribution in [3.8, 4) is 0 Å². The number of rotatable bonds is 0. The number of hydrogen-bond acceptors (Lipinski definition) is 0. The fraction of sp³-hybridized carbons (Fsp3) is 0.500. The summed E-state index contributed by atoms with van der Waals surface area (Å²) in [5.41, 5.74) is 2.91. The minimum absolute atomic E-state index is 1.23. The Labute approximate surface area is 55.1 Å². The summed E-state index contributed by atoms with van der Waals surface area (Å²) in [5.74, 6) is 0. The molecule has 1 heteroatoms. The minimum Gasteiger partial charge on any atom is -0.357 e. The highest BCUT2D eigenvalue weighted by molar-refractivity contribution is 5.21. The summed E-state index contributed by atoms with van der Waals surface area (Å²) in [5, 5.41) is 0. The molecule has 0 bridgehead atoms. The lowest BCUT2D eigenvalue weighted by atomic mass is 9.98. The molecule has 0 amide bonds. The quantitative estimate of drug-likeness (QED) is 0.536. The van der Waals surface area contributed by atoms with Gasteiger partial charge in [-0.25, -0.2) is 0 Å². The number of aryl methyl sites for hydroxylation is 2. The maximum Gasteiger partial charge on any atom is 0.0624 e. The van der Waals surface area contributed by atoms with Gasteiger partial charge in [0.15, 0.2) is 0 Å². The maximum absolute atomic E-state index is 3.13. The first-order valence-corrected chi connectivity index (χ1v) is 3.53. The van der Waals surface area contributed by atoms with Gasteiger partial charge >= 0.3 is 0 Å². The Morgan fingerprint density at radius 1 is 1.33 bits per heavy atom. The van der Waals surface area contributed by atoms with E-state index in [4.69, 9.17) is 0 Å². The van der Waals surface area contributed by atoms with E-state index in [-0.39, 0.29) is 0 Å². The van der Waals surface area contributed by atoms with Crippen molar-refractivity contribution in [2.24, 2.45) is 0 Å². The molecule has 1 nitrogen and oxygen atoms in total. The van der Waals surface area contributed by atoms with Crippen LogP contribution in [0.5, 0.6) is 0 Å². The largest absolute Gasteiger partial charge is 0.357 e. The fourth-order valence-corrected chi connectivity index (χ4v) is 1.44. The van der Waals surface area contributed by atoms with E-state index in [1.165, 1.54) is 36.9 Å². The molecule has 1 aromatic rings. The molecule has 0 unspecified atom stereocenters. The average Bonchev–Trinajstić information content (AvgIpc) is 2.33. The lowest BCUT2D eigenvalue weighted by Crippen LogP contribution is -1.99. The molecule has 0 aromatic carbocycles. The summed E-state index contributed by atoms with van der Waals surface area (Å²) in [6.07, 6.45) is 8.22. The Morgan fingerprint density at radius 2 is 2.22 bits per heavy atom. The van der Waals surface area contributed by atoms with Crippen LogP contribution in [-0.4, -0.2) is 4.98 Å². The van der Waals surface area contributed by atoms with Gasteiger partial charge in [-0.15, -0.1) is 0 Å². The van der Waals surface area contributed by atoms with E-state index in [0.717, 1.165) is 0 Å². The molecule has 1 aliphatic carbocycles. The summed E-state index contributed by atoms with van der Waals surface area (Å²) in [6, 6.07) is 2.08. The van der Waals surface area contributed by atoms with Gasteiger partial charge in [-0.1, -0.05) is 0 Å². The Morgan fingerprint density at radius 3 is 3.11 bits per heavy atom. The molecule has 0 atom stereocenters. The molecule has 0 spiro atoms. The molecule has 1 N–H and O–H groups in total. The van der Waals surface area contributed by atoms with Crippen molar-refractivity contribution in [1.82, 2.24) is 4.98 Å². The minimum atomic E-state index is 1.23. The fourth-order valence-electron chi connectivity index (χ4n) is 1.44. The first kappa shape index (κ1) is 5.10. The standard InChI is InChI=1S/C8H10N/c1-2-4-8-7(3-1)5-6-9-8/h5,9H,1-4H2. The molecule has 0 saturated heterocycles. The van der Waals surface area contributed by atoms with E-state index in [1.54, 1.807) is 0 Å². The third-order valence-corrected chi connectivity index (χ3v) is 1.98. The van der Waals surface area contributed by atoms with Crippen LogP contribution in [0.25, 0.3) is 0 Å². The van der Waals surface area contributed by atoms with Crippen LogP contribution in [0.3, 0.4) is 0 Å². The second kappa shape index (κ2) is 1.90. The number of aromatic nitrogens is 1. The highest BCUT2D eigenvalue weighted by Crippen LogP contribution is 2.18.